The van der Waals surface area contributed by atoms with E-state index in [1.165, 1.54) is 36.1 Å². The summed E-state index contributed by atoms with van der Waals surface area (Å²) < 4.78 is 0. The van der Waals surface area contributed by atoms with Gasteiger partial charge in [0.05, 0.1) is 0 Å². The van der Waals surface area contributed by atoms with E-state index >= 15 is 0 Å². The van der Waals surface area contributed by atoms with E-state index in [-0.39, 0.29) is 0 Å². The molecule has 0 N–H and O–H groups in total. The van der Waals surface area contributed by atoms with Gasteiger partial charge >= 0.3 is 0 Å². The molecule has 2 heteroatoms. The number of anilines is 1. The van der Waals surface area contributed by atoms with E-state index in [0.29, 0.717) is 24.2 Å². The lowest BCUT2D eigenvalue weighted by atomic mass is 9.84. The predicted molar refractivity (Wildman–Crippen MR) is 73.9 cm³/mol. The van der Waals surface area contributed by atoms with Gasteiger partial charge in [0.1, 0.15) is 0 Å². The number of carbonyl (C=O) groups excluding carboxylic acids is 1. The second kappa shape index (κ2) is 4.42. The molecule has 2 nitrogen and oxygen atoms in total. The Labute approximate surface area is 109 Å². The van der Waals surface area contributed by atoms with Crippen molar-refractivity contribution in [1.82, 2.24) is 0 Å². The fourth-order valence-electron chi connectivity index (χ4n) is 3.40. The molecule has 1 amide bonds. The van der Waals surface area contributed by atoms with Crippen molar-refractivity contribution in [1.29, 1.82) is 0 Å². The summed E-state index contributed by atoms with van der Waals surface area (Å²) >= 11 is 0. The topological polar surface area (TPSA) is 20.3 Å². The minimum Gasteiger partial charge on any atom is -0.312 e. The van der Waals surface area contributed by atoms with E-state index < -0.39 is 0 Å². The molecule has 0 saturated carbocycles. The van der Waals surface area contributed by atoms with Gasteiger partial charge in [-0.2, -0.15) is 0 Å². The van der Waals surface area contributed by atoms with Crippen LogP contribution in [0.2, 0.25) is 0 Å². The molecule has 1 aromatic rings. The highest BCUT2D eigenvalue weighted by atomic mass is 16.2. The van der Waals surface area contributed by atoms with Crippen molar-refractivity contribution in [3.05, 3.63) is 29.3 Å². The lowest BCUT2D eigenvalue weighted by Crippen LogP contribution is -2.30. The maximum Gasteiger partial charge on any atom is 0.227 e. The second-order valence-electron chi connectivity index (χ2n) is 6.04. The molecule has 1 unspecified atom stereocenters. The van der Waals surface area contributed by atoms with Gasteiger partial charge in [-0.25, -0.2) is 0 Å². The third-order valence-electron chi connectivity index (χ3n) is 4.16. The minimum atomic E-state index is 0.299. The van der Waals surface area contributed by atoms with Crippen LogP contribution in [0, 0.1) is 5.92 Å². The molecule has 0 aromatic heterocycles. The lowest BCUT2D eigenvalue weighted by Gasteiger charge is -2.19. The first-order chi connectivity index (χ1) is 8.66. The van der Waals surface area contributed by atoms with E-state index in [9.17, 15) is 4.79 Å². The quantitative estimate of drug-likeness (QED) is 0.778. The largest absolute Gasteiger partial charge is 0.312 e. The number of rotatable bonds is 2. The summed E-state index contributed by atoms with van der Waals surface area (Å²) in [5, 5.41) is 0. The van der Waals surface area contributed by atoms with E-state index in [0.717, 1.165) is 6.54 Å². The highest BCUT2D eigenvalue weighted by molar-refractivity contribution is 5.96. The minimum absolute atomic E-state index is 0.299. The van der Waals surface area contributed by atoms with Gasteiger partial charge in [-0.05, 0) is 42.4 Å². The van der Waals surface area contributed by atoms with Crippen LogP contribution < -0.4 is 4.90 Å². The molecule has 3 rings (SSSR count). The predicted octanol–water partition coefficient (Wildman–Crippen LogP) is 3.50. The highest BCUT2D eigenvalue weighted by Gasteiger charge is 2.35. The lowest BCUT2D eigenvalue weighted by molar-refractivity contribution is -0.119. The summed E-state index contributed by atoms with van der Waals surface area (Å²) in [5.41, 5.74) is 4.15. The Morgan fingerprint density at radius 3 is 3.06 bits per heavy atom. The van der Waals surface area contributed by atoms with Gasteiger partial charge in [0, 0.05) is 24.6 Å². The molecule has 1 aliphatic carbocycles. The Kier molecular flexibility index (Phi) is 2.89. The second-order valence-corrected chi connectivity index (χ2v) is 6.04. The van der Waals surface area contributed by atoms with Crippen LogP contribution in [-0.4, -0.2) is 12.5 Å². The van der Waals surface area contributed by atoms with E-state index in [4.69, 9.17) is 0 Å². The van der Waals surface area contributed by atoms with Crippen LogP contribution in [0.5, 0.6) is 0 Å². The van der Waals surface area contributed by atoms with Crippen LogP contribution in [0.4, 0.5) is 5.69 Å². The van der Waals surface area contributed by atoms with E-state index in [1.807, 2.05) is 4.90 Å². The Balaban J connectivity index is 1.94. The van der Waals surface area contributed by atoms with Gasteiger partial charge < -0.3 is 4.90 Å². The molecule has 1 atom stereocenters. The number of hydrogen-bond donors (Lipinski definition) is 0. The summed E-state index contributed by atoms with van der Waals surface area (Å²) in [6.45, 7) is 5.14. The van der Waals surface area contributed by atoms with Crippen LogP contribution in [0.15, 0.2) is 18.2 Å². The molecule has 1 aliphatic heterocycles. The fraction of sp³-hybridized carbons (Fsp3) is 0.562. The molecular formula is C16H21NO. The smallest absolute Gasteiger partial charge is 0.227 e. The number of amides is 1. The summed E-state index contributed by atoms with van der Waals surface area (Å²) in [6, 6.07) is 6.47. The van der Waals surface area contributed by atoms with Crippen molar-refractivity contribution in [3.63, 3.8) is 0 Å². The van der Waals surface area contributed by atoms with Crippen molar-refractivity contribution in [2.75, 3.05) is 11.4 Å². The SMILES string of the molecule is CC(C)CC(=O)N1CC2CCCc3cccc1c32. The highest BCUT2D eigenvalue weighted by Crippen LogP contribution is 2.44. The maximum atomic E-state index is 12.3. The molecule has 1 aromatic carbocycles. The van der Waals surface area contributed by atoms with Crippen LogP contribution in [0.25, 0.3) is 0 Å². The van der Waals surface area contributed by atoms with Crippen LogP contribution in [0.1, 0.15) is 50.2 Å². The molecule has 1 heterocycles. The maximum absolute atomic E-state index is 12.3. The Bertz CT molecular complexity index is 478. The zero-order valence-corrected chi connectivity index (χ0v) is 11.3. The molecular weight excluding hydrogens is 222 g/mol. The normalized spacial score (nSPS) is 21.3. The Morgan fingerprint density at radius 2 is 2.28 bits per heavy atom. The molecule has 0 radical (unpaired) electrons. The standard InChI is InChI=1S/C16H21NO/c1-11(2)9-15(18)17-10-13-7-3-5-12-6-4-8-14(17)16(12)13/h4,6,8,11,13H,3,5,7,9-10H2,1-2H3. The summed E-state index contributed by atoms with van der Waals surface area (Å²) in [7, 11) is 0. The van der Waals surface area contributed by atoms with Gasteiger partial charge in [-0.1, -0.05) is 26.0 Å². The van der Waals surface area contributed by atoms with E-state index in [1.54, 1.807) is 0 Å². The van der Waals surface area contributed by atoms with Gasteiger partial charge in [-0.3, -0.25) is 4.79 Å². The van der Waals surface area contributed by atoms with Crippen LogP contribution >= 0.6 is 0 Å². The zero-order valence-electron chi connectivity index (χ0n) is 11.3. The summed E-state index contributed by atoms with van der Waals surface area (Å²) in [4.78, 5) is 14.4. The molecule has 18 heavy (non-hydrogen) atoms. The number of carbonyl (C=O) groups is 1. The molecule has 0 spiro atoms. The molecule has 96 valence electrons. The summed E-state index contributed by atoms with van der Waals surface area (Å²) in [6.07, 6.45) is 4.37. The first kappa shape index (κ1) is 11.8. The Hall–Kier alpha value is -1.31. The molecule has 2 aliphatic rings. The monoisotopic (exact) mass is 243 g/mol. The number of hydrogen-bond acceptors (Lipinski definition) is 1. The average Bonchev–Trinajstić information content (AvgIpc) is 2.70. The molecule has 0 fully saturated rings. The molecule has 0 bridgehead atoms. The number of nitrogens with zero attached hydrogens (tertiary/aromatic N) is 1. The van der Waals surface area contributed by atoms with Crippen molar-refractivity contribution < 1.29 is 4.79 Å². The van der Waals surface area contributed by atoms with Gasteiger partial charge in [-0.15, -0.1) is 0 Å². The first-order valence-corrected chi connectivity index (χ1v) is 7.09. The third-order valence-corrected chi connectivity index (χ3v) is 4.16. The van der Waals surface area contributed by atoms with Gasteiger partial charge in [0.2, 0.25) is 5.91 Å². The van der Waals surface area contributed by atoms with Gasteiger partial charge in [0.15, 0.2) is 0 Å². The zero-order chi connectivity index (χ0) is 12.7. The third kappa shape index (κ3) is 1.84. The van der Waals surface area contributed by atoms with Crippen LogP contribution in [-0.2, 0) is 11.2 Å². The number of aryl methyl sites for hydroxylation is 1. The van der Waals surface area contributed by atoms with Crippen molar-refractivity contribution in [2.24, 2.45) is 5.92 Å². The Morgan fingerprint density at radius 1 is 1.44 bits per heavy atom. The molecule has 0 saturated heterocycles. The van der Waals surface area contributed by atoms with Crippen molar-refractivity contribution in [3.8, 4) is 0 Å². The van der Waals surface area contributed by atoms with E-state index in [2.05, 4.69) is 32.0 Å². The van der Waals surface area contributed by atoms with Crippen molar-refractivity contribution >= 4 is 11.6 Å². The summed E-state index contributed by atoms with van der Waals surface area (Å²) in [5.74, 6) is 1.34. The first-order valence-electron chi connectivity index (χ1n) is 7.09. The van der Waals surface area contributed by atoms with Crippen molar-refractivity contribution in [2.45, 2.75) is 45.4 Å². The average molecular weight is 243 g/mol. The van der Waals surface area contributed by atoms with Gasteiger partial charge in [0.25, 0.3) is 0 Å². The number of benzene rings is 1. The fourth-order valence-corrected chi connectivity index (χ4v) is 3.40. The van der Waals surface area contributed by atoms with Crippen LogP contribution in [0.3, 0.4) is 0 Å².